The summed E-state index contributed by atoms with van der Waals surface area (Å²) in [7, 11) is 0. The Labute approximate surface area is 177 Å². The van der Waals surface area contributed by atoms with Crippen LogP contribution in [0.4, 0.5) is 14.5 Å². The quantitative estimate of drug-likeness (QED) is 0.370. The van der Waals surface area contributed by atoms with Crippen LogP contribution in [0.1, 0.15) is 5.56 Å². The molecular formula is C15H9Br4ClF2N2. The van der Waals surface area contributed by atoms with Gasteiger partial charge in [0.2, 0.25) is 0 Å². The zero-order valence-electron chi connectivity index (χ0n) is 11.8. The number of rotatable bonds is 2. The van der Waals surface area contributed by atoms with Crippen molar-refractivity contribution >= 4 is 87.6 Å². The molecule has 0 aliphatic carbocycles. The summed E-state index contributed by atoms with van der Waals surface area (Å²) in [6, 6.07) is 5.61. The van der Waals surface area contributed by atoms with Crippen molar-refractivity contribution in [3.8, 4) is 0 Å². The molecule has 0 saturated heterocycles. The van der Waals surface area contributed by atoms with Crippen molar-refractivity contribution in [3.05, 3.63) is 59.4 Å². The molecule has 0 saturated carbocycles. The van der Waals surface area contributed by atoms with Gasteiger partial charge in [-0.1, -0.05) is 0 Å². The van der Waals surface area contributed by atoms with Gasteiger partial charge in [0.25, 0.3) is 0 Å². The summed E-state index contributed by atoms with van der Waals surface area (Å²) in [6.07, 6.45) is 0. The second-order valence-corrected chi connectivity index (χ2v) is 8.24. The predicted octanol–water partition coefficient (Wildman–Crippen LogP) is 6.70. The van der Waals surface area contributed by atoms with E-state index in [2.05, 4.69) is 68.7 Å². The highest BCUT2D eigenvalue weighted by atomic mass is 79.9. The van der Waals surface area contributed by atoms with Gasteiger partial charge < -0.3 is 4.90 Å². The van der Waals surface area contributed by atoms with Crippen LogP contribution in [0.3, 0.4) is 0 Å². The maximum absolute atomic E-state index is 13.5. The molecule has 0 unspecified atom stereocenters. The third kappa shape index (κ3) is 3.87. The van der Waals surface area contributed by atoms with E-state index in [1.165, 1.54) is 24.3 Å². The molecule has 9 heteroatoms. The topological polar surface area (TPSA) is 15.6 Å². The summed E-state index contributed by atoms with van der Waals surface area (Å²) in [4.78, 5) is 6.51. The van der Waals surface area contributed by atoms with Gasteiger partial charge in [-0.05, 0) is 88.0 Å². The molecule has 0 spiro atoms. The number of anilines is 1. The zero-order chi connectivity index (χ0) is 16.7. The molecule has 24 heavy (non-hydrogen) atoms. The monoisotopic (exact) mass is 606 g/mol. The van der Waals surface area contributed by atoms with E-state index in [-0.39, 0.29) is 24.0 Å². The van der Waals surface area contributed by atoms with E-state index in [4.69, 9.17) is 0 Å². The van der Waals surface area contributed by atoms with Crippen molar-refractivity contribution in [3.63, 3.8) is 0 Å². The van der Waals surface area contributed by atoms with Crippen LogP contribution < -0.4 is 4.90 Å². The van der Waals surface area contributed by atoms with E-state index < -0.39 is 0 Å². The Morgan fingerprint density at radius 1 is 0.833 bits per heavy atom. The van der Waals surface area contributed by atoms with Crippen molar-refractivity contribution in [1.29, 1.82) is 0 Å². The minimum Gasteiger partial charge on any atom is -0.322 e. The van der Waals surface area contributed by atoms with Gasteiger partial charge in [-0.25, -0.2) is 8.78 Å². The lowest BCUT2D eigenvalue weighted by molar-refractivity contribution is 0.625. The molecular weight excluding hydrogens is 601 g/mol. The van der Waals surface area contributed by atoms with Crippen LogP contribution in [0, 0.1) is 11.6 Å². The van der Waals surface area contributed by atoms with Crippen molar-refractivity contribution < 1.29 is 8.78 Å². The maximum atomic E-state index is 13.5. The Kier molecular flexibility index (Phi) is 6.86. The molecule has 128 valence electrons. The number of aliphatic imine (C=N–C) groups is 1. The smallest absolute Gasteiger partial charge is 0.137 e. The fraction of sp³-hybridized carbons (Fsp3) is 0.133. The van der Waals surface area contributed by atoms with Crippen LogP contribution in [-0.2, 0) is 0 Å². The van der Waals surface area contributed by atoms with Gasteiger partial charge in [-0.15, -0.1) is 12.4 Å². The highest BCUT2D eigenvalue weighted by molar-refractivity contribution is 9.11. The zero-order valence-corrected chi connectivity index (χ0v) is 19.0. The second-order valence-electron chi connectivity index (χ2n) is 4.82. The Hall–Kier alpha value is -0.0200. The molecule has 2 aromatic rings. The van der Waals surface area contributed by atoms with Gasteiger partial charge in [0.15, 0.2) is 0 Å². The fourth-order valence-electron chi connectivity index (χ4n) is 2.43. The third-order valence-corrected chi connectivity index (χ3v) is 5.78. The van der Waals surface area contributed by atoms with Gasteiger partial charge in [0, 0.05) is 30.0 Å². The van der Waals surface area contributed by atoms with Crippen LogP contribution in [0.5, 0.6) is 0 Å². The van der Waals surface area contributed by atoms with E-state index >= 15 is 0 Å². The van der Waals surface area contributed by atoms with Gasteiger partial charge >= 0.3 is 0 Å². The van der Waals surface area contributed by atoms with Crippen molar-refractivity contribution in [2.24, 2.45) is 4.99 Å². The fourth-order valence-corrected chi connectivity index (χ4v) is 5.47. The molecule has 0 N–H and O–H groups in total. The van der Waals surface area contributed by atoms with Crippen LogP contribution in [0.15, 0.2) is 47.1 Å². The molecule has 2 aromatic carbocycles. The number of hydrogen-bond donors (Lipinski definition) is 0. The standard InChI is InChI=1S/C15H8Br4F2N2.ClH/c16-9-3-7(20)4-10(17)13(9)15-22-1-2-23(15)14-11(18)5-8(21)6-12(14)19;/h3-6H,1-2H2;1H. The largest absolute Gasteiger partial charge is 0.322 e. The molecule has 0 fully saturated rings. The van der Waals surface area contributed by atoms with E-state index in [1.807, 2.05) is 4.90 Å². The summed E-state index contributed by atoms with van der Waals surface area (Å²) in [5, 5.41) is 0. The molecule has 2 nitrogen and oxygen atoms in total. The molecule has 0 aromatic heterocycles. The Bertz CT molecular complexity index is 783. The lowest BCUT2D eigenvalue weighted by Gasteiger charge is -2.24. The Morgan fingerprint density at radius 3 is 1.79 bits per heavy atom. The van der Waals surface area contributed by atoms with Crippen molar-refractivity contribution in [2.45, 2.75) is 0 Å². The molecule has 1 aliphatic heterocycles. The molecule has 0 amide bonds. The summed E-state index contributed by atoms with van der Waals surface area (Å²) in [5.41, 5.74) is 1.54. The molecule has 0 radical (unpaired) electrons. The predicted molar refractivity (Wildman–Crippen MR) is 110 cm³/mol. The highest BCUT2D eigenvalue weighted by Crippen LogP contribution is 2.39. The number of nitrogens with zero attached hydrogens (tertiary/aromatic N) is 2. The highest BCUT2D eigenvalue weighted by Gasteiger charge is 2.27. The van der Waals surface area contributed by atoms with E-state index in [0.717, 1.165) is 11.3 Å². The molecule has 1 aliphatic rings. The van der Waals surface area contributed by atoms with Gasteiger partial charge in [-0.2, -0.15) is 0 Å². The minimum atomic E-state index is -0.346. The van der Waals surface area contributed by atoms with Crippen molar-refractivity contribution in [2.75, 3.05) is 18.0 Å². The SMILES string of the molecule is Cl.Fc1cc(Br)c(C2=NCCN2c2c(Br)cc(F)cc2Br)c(Br)c1. The van der Waals surface area contributed by atoms with Crippen LogP contribution in [-0.4, -0.2) is 18.9 Å². The van der Waals surface area contributed by atoms with Crippen LogP contribution in [0.2, 0.25) is 0 Å². The van der Waals surface area contributed by atoms with Gasteiger partial charge in [0.1, 0.15) is 17.5 Å². The number of benzene rings is 2. The van der Waals surface area contributed by atoms with E-state index in [0.29, 0.717) is 36.8 Å². The number of amidine groups is 1. The average molecular weight is 610 g/mol. The van der Waals surface area contributed by atoms with Crippen LogP contribution >= 0.6 is 76.1 Å². The van der Waals surface area contributed by atoms with E-state index in [1.54, 1.807) is 0 Å². The lowest BCUT2D eigenvalue weighted by atomic mass is 10.1. The van der Waals surface area contributed by atoms with Crippen LogP contribution in [0.25, 0.3) is 0 Å². The average Bonchev–Trinajstić information content (AvgIpc) is 2.85. The first-order valence-electron chi connectivity index (χ1n) is 6.50. The van der Waals surface area contributed by atoms with Gasteiger partial charge in [-0.3, -0.25) is 4.99 Å². The molecule has 3 rings (SSSR count). The lowest BCUT2D eigenvalue weighted by Crippen LogP contribution is -2.29. The number of hydrogen-bond acceptors (Lipinski definition) is 2. The first-order valence-corrected chi connectivity index (χ1v) is 9.67. The summed E-state index contributed by atoms with van der Waals surface area (Å²) in [6.45, 7) is 1.25. The number of halogens is 7. The Balaban J connectivity index is 0.00000208. The second kappa shape index (κ2) is 8.12. The van der Waals surface area contributed by atoms with Crippen molar-refractivity contribution in [1.82, 2.24) is 0 Å². The minimum absolute atomic E-state index is 0. The molecule has 0 atom stereocenters. The first kappa shape index (κ1) is 20.3. The summed E-state index contributed by atoms with van der Waals surface area (Å²) in [5.74, 6) is 0.00729. The Morgan fingerprint density at radius 2 is 1.29 bits per heavy atom. The summed E-state index contributed by atoms with van der Waals surface area (Å²) < 4.78 is 29.5. The van der Waals surface area contributed by atoms with E-state index in [9.17, 15) is 8.78 Å². The molecule has 1 heterocycles. The molecule has 0 bridgehead atoms. The normalized spacial score (nSPS) is 13.8. The summed E-state index contributed by atoms with van der Waals surface area (Å²) >= 11 is 13.6. The third-order valence-electron chi connectivity index (χ3n) is 3.32. The maximum Gasteiger partial charge on any atom is 0.137 e. The van der Waals surface area contributed by atoms with Gasteiger partial charge in [0.05, 0.1) is 12.2 Å². The first-order chi connectivity index (χ1) is 10.9.